The number of hydrogen-bond acceptors (Lipinski definition) is 10. The highest BCUT2D eigenvalue weighted by atomic mass is 31.2. The Hall–Kier alpha value is -3.17. The monoisotopic (exact) mass is 575 g/mol. The van der Waals surface area contributed by atoms with Crippen molar-refractivity contribution in [2.45, 2.75) is 75.2 Å². The van der Waals surface area contributed by atoms with Crippen molar-refractivity contribution in [3.63, 3.8) is 0 Å². The van der Waals surface area contributed by atoms with Gasteiger partial charge in [-0.2, -0.15) is 5.09 Å². The number of carbonyl (C=O) groups excluding carboxylic acids is 2. The molecular weight excluding hydrogens is 541 g/mol. The quantitative estimate of drug-likeness (QED) is 0.184. The first-order chi connectivity index (χ1) is 19.0. The predicted octanol–water partition coefficient (Wildman–Crippen LogP) is 1.91. The van der Waals surface area contributed by atoms with Gasteiger partial charge in [0.15, 0.2) is 11.8 Å². The van der Waals surface area contributed by atoms with Crippen LogP contribution >= 0.6 is 7.75 Å². The van der Waals surface area contributed by atoms with Crippen molar-refractivity contribution in [1.82, 2.24) is 15.3 Å². The number of carbonyl (C=O) groups is 2. The van der Waals surface area contributed by atoms with Crippen LogP contribution < -0.4 is 14.9 Å². The number of rotatable bonds is 10. The van der Waals surface area contributed by atoms with Crippen LogP contribution in [0.3, 0.4) is 0 Å². The van der Waals surface area contributed by atoms with Gasteiger partial charge in [0.25, 0.3) is 5.91 Å². The number of aliphatic hydroxyl groups excluding tert-OH is 1. The first kappa shape index (κ1) is 29.8. The SMILES string of the molecule is C#C[C@@]1(O)[C@H](O)[C@@H](COP(=O)(N[C@@H](C)C(=O)OC2CCCCC2)Oc2ccccc2)O[C@H]1N1C=CC(=O)NC1=C. The molecule has 12 nitrogen and oxygen atoms in total. The third-order valence-electron chi connectivity index (χ3n) is 6.85. The summed E-state index contributed by atoms with van der Waals surface area (Å²) in [6.45, 7) is 4.64. The van der Waals surface area contributed by atoms with E-state index in [4.69, 9.17) is 24.9 Å². The molecule has 0 bridgehead atoms. The fourth-order valence-corrected chi connectivity index (χ4v) is 6.17. The van der Waals surface area contributed by atoms with Gasteiger partial charge in [0.1, 0.15) is 35.9 Å². The summed E-state index contributed by atoms with van der Waals surface area (Å²) in [5.41, 5.74) is -2.25. The van der Waals surface area contributed by atoms with Gasteiger partial charge in [0, 0.05) is 12.3 Å². The molecule has 0 aromatic heterocycles. The molecular formula is C27H34N3O9P. The summed E-state index contributed by atoms with van der Waals surface area (Å²) in [6.07, 6.45) is 8.06. The van der Waals surface area contributed by atoms with Crippen LogP contribution in [0.15, 0.2) is 55.0 Å². The van der Waals surface area contributed by atoms with Crippen LogP contribution in [0.25, 0.3) is 0 Å². The molecule has 1 saturated heterocycles. The Kier molecular flexibility index (Phi) is 9.36. The molecule has 1 aromatic rings. The van der Waals surface area contributed by atoms with Crippen molar-refractivity contribution in [3.05, 3.63) is 55.0 Å². The topological polar surface area (TPSA) is 156 Å². The molecule has 2 aliphatic heterocycles. The fourth-order valence-electron chi connectivity index (χ4n) is 4.66. The Labute approximate surface area is 232 Å². The highest BCUT2D eigenvalue weighted by molar-refractivity contribution is 7.52. The van der Waals surface area contributed by atoms with Gasteiger partial charge in [-0.05, 0) is 44.7 Å². The Morgan fingerprint density at radius 2 is 2.05 bits per heavy atom. The Balaban J connectivity index is 1.48. The smallest absolute Gasteiger partial charge is 0.459 e. The molecule has 1 aromatic carbocycles. The molecule has 2 heterocycles. The van der Waals surface area contributed by atoms with Gasteiger partial charge in [-0.3, -0.25) is 14.1 Å². The van der Waals surface area contributed by atoms with E-state index >= 15 is 0 Å². The van der Waals surface area contributed by atoms with Gasteiger partial charge in [-0.15, -0.1) is 6.42 Å². The molecule has 40 heavy (non-hydrogen) atoms. The standard InChI is InChI=1S/C27H34N3O9P/c1-4-27(34)24(32)22(38-26(27)30-16-15-23(31)28-19(30)3)17-36-40(35,39-21-13-9-6-10-14-21)29-18(2)25(33)37-20-11-7-5-8-12-20/h1,6,9-10,13-16,18,20,22,24,26,32,34H,3,5,7-8,11-12,17H2,2H3,(H,28,31)(H,29,35)/t18-,22+,24+,26+,27+,40?/m0/s1. The molecule has 4 rings (SSSR count). The lowest BCUT2D eigenvalue weighted by molar-refractivity contribution is -0.152. The average Bonchev–Trinajstić information content (AvgIpc) is 3.18. The zero-order valence-corrected chi connectivity index (χ0v) is 23.0. The number of nitrogens with one attached hydrogen (secondary N) is 2. The maximum Gasteiger partial charge on any atom is 0.459 e. The van der Waals surface area contributed by atoms with E-state index in [2.05, 4.69) is 22.9 Å². The van der Waals surface area contributed by atoms with E-state index in [9.17, 15) is 24.4 Å². The number of aliphatic hydroxyl groups is 2. The summed E-state index contributed by atoms with van der Waals surface area (Å²) in [4.78, 5) is 25.6. The van der Waals surface area contributed by atoms with Crippen molar-refractivity contribution in [3.8, 4) is 18.1 Å². The zero-order valence-electron chi connectivity index (χ0n) is 22.1. The molecule has 1 unspecified atom stereocenters. The van der Waals surface area contributed by atoms with Crippen LogP contribution in [0.1, 0.15) is 39.0 Å². The largest absolute Gasteiger partial charge is 0.461 e. The van der Waals surface area contributed by atoms with Crippen molar-refractivity contribution in [2.24, 2.45) is 0 Å². The summed E-state index contributed by atoms with van der Waals surface area (Å²) >= 11 is 0. The third kappa shape index (κ3) is 6.75. The molecule has 0 spiro atoms. The second kappa shape index (κ2) is 12.6. The number of amides is 1. The summed E-state index contributed by atoms with van der Waals surface area (Å²) < 4.78 is 36.6. The van der Waals surface area contributed by atoms with E-state index in [1.807, 2.05) is 0 Å². The van der Waals surface area contributed by atoms with Gasteiger partial charge in [-0.1, -0.05) is 37.1 Å². The molecule has 1 saturated carbocycles. The van der Waals surface area contributed by atoms with Crippen LogP contribution in [0.5, 0.6) is 5.75 Å². The van der Waals surface area contributed by atoms with Crippen molar-refractivity contribution < 1.29 is 42.9 Å². The lowest BCUT2D eigenvalue weighted by Gasteiger charge is -2.36. The molecule has 2 fully saturated rings. The second-order valence-corrected chi connectivity index (χ2v) is 11.5. The van der Waals surface area contributed by atoms with E-state index in [0.29, 0.717) is 0 Å². The molecule has 0 radical (unpaired) electrons. The number of benzene rings is 1. The molecule has 3 aliphatic rings. The number of hydrogen-bond donors (Lipinski definition) is 4. The molecule has 6 atom stereocenters. The van der Waals surface area contributed by atoms with E-state index in [0.717, 1.165) is 32.1 Å². The van der Waals surface area contributed by atoms with Gasteiger partial charge in [0.2, 0.25) is 0 Å². The number of terminal acetylenes is 1. The predicted molar refractivity (Wildman–Crippen MR) is 143 cm³/mol. The molecule has 4 N–H and O–H groups in total. The summed E-state index contributed by atoms with van der Waals surface area (Å²) in [5, 5.41) is 27.1. The second-order valence-electron chi connectivity index (χ2n) is 9.85. The summed E-state index contributed by atoms with van der Waals surface area (Å²) in [6, 6.07) is 7.12. The van der Waals surface area contributed by atoms with Crippen LogP contribution in [-0.4, -0.2) is 69.8 Å². The normalized spacial score (nSPS) is 29.2. The Bertz CT molecular complexity index is 1210. The number of para-hydroxylation sites is 1. The van der Waals surface area contributed by atoms with E-state index in [-0.39, 0.29) is 17.7 Å². The van der Waals surface area contributed by atoms with Crippen LogP contribution in [0, 0.1) is 12.3 Å². The van der Waals surface area contributed by atoms with Gasteiger partial charge in [-0.25, -0.2) is 4.57 Å². The maximum atomic E-state index is 13.9. The third-order valence-corrected chi connectivity index (χ3v) is 8.49. The number of ether oxygens (including phenoxy) is 2. The molecule has 216 valence electrons. The number of nitrogens with zero attached hydrogens (tertiary/aromatic N) is 1. The minimum Gasteiger partial charge on any atom is -0.461 e. The lowest BCUT2D eigenvalue weighted by atomic mass is 9.94. The van der Waals surface area contributed by atoms with Crippen LogP contribution in [0.2, 0.25) is 0 Å². The Morgan fingerprint density at radius 1 is 1.35 bits per heavy atom. The fraction of sp³-hybridized carbons (Fsp3) is 0.481. The first-order valence-corrected chi connectivity index (χ1v) is 14.6. The van der Waals surface area contributed by atoms with Gasteiger partial charge in [0.05, 0.1) is 6.61 Å². The van der Waals surface area contributed by atoms with E-state index < -0.39 is 56.3 Å². The van der Waals surface area contributed by atoms with Crippen LogP contribution in [-0.2, 0) is 28.2 Å². The highest BCUT2D eigenvalue weighted by Crippen LogP contribution is 2.46. The average molecular weight is 576 g/mol. The lowest BCUT2D eigenvalue weighted by Crippen LogP contribution is -2.54. The molecule has 1 aliphatic carbocycles. The molecule has 13 heteroatoms. The summed E-state index contributed by atoms with van der Waals surface area (Å²) in [5.74, 6) is 1.35. The van der Waals surface area contributed by atoms with Crippen molar-refractivity contribution >= 4 is 19.6 Å². The minimum absolute atomic E-state index is 0.0602. The zero-order chi connectivity index (χ0) is 28.9. The molecule has 1 amide bonds. The van der Waals surface area contributed by atoms with Gasteiger partial charge >= 0.3 is 13.7 Å². The Morgan fingerprint density at radius 3 is 2.70 bits per heavy atom. The van der Waals surface area contributed by atoms with Gasteiger partial charge < -0.3 is 34.4 Å². The van der Waals surface area contributed by atoms with E-state index in [1.54, 1.807) is 30.3 Å². The summed E-state index contributed by atoms with van der Waals surface area (Å²) in [7, 11) is -4.28. The van der Waals surface area contributed by atoms with Crippen molar-refractivity contribution in [2.75, 3.05) is 6.61 Å². The maximum absolute atomic E-state index is 13.9. The highest BCUT2D eigenvalue weighted by Gasteiger charge is 2.57. The number of esters is 1. The van der Waals surface area contributed by atoms with Crippen molar-refractivity contribution in [1.29, 1.82) is 0 Å². The van der Waals surface area contributed by atoms with E-state index in [1.165, 1.54) is 24.1 Å². The van der Waals surface area contributed by atoms with Crippen LogP contribution in [0.4, 0.5) is 0 Å². The minimum atomic E-state index is -4.28. The first-order valence-electron chi connectivity index (χ1n) is 13.0.